The average molecular weight is 372 g/mol. The average Bonchev–Trinajstić information content (AvgIpc) is 2.34. The van der Waals surface area contributed by atoms with Gasteiger partial charge in [0.05, 0.1) is 5.69 Å². The molecule has 0 unspecified atom stereocenters. The molecule has 18 heavy (non-hydrogen) atoms. The third-order valence-electron chi connectivity index (χ3n) is 2.27. The molecule has 0 bridgehead atoms. The number of benzene rings is 1. The minimum absolute atomic E-state index is 0.0696. The van der Waals surface area contributed by atoms with E-state index in [9.17, 15) is 9.59 Å². The van der Waals surface area contributed by atoms with Gasteiger partial charge < -0.3 is 10.3 Å². The topological polar surface area (TPSA) is 62.0 Å². The van der Waals surface area contributed by atoms with Gasteiger partial charge in [0.2, 0.25) is 0 Å². The Morgan fingerprint density at radius 3 is 2.44 bits per heavy atom. The number of carbonyl (C=O) groups is 1. The van der Waals surface area contributed by atoms with Crippen molar-refractivity contribution >= 4 is 43.5 Å². The summed E-state index contributed by atoms with van der Waals surface area (Å²) in [4.78, 5) is 26.2. The van der Waals surface area contributed by atoms with Crippen LogP contribution in [-0.4, -0.2) is 10.9 Å². The first-order chi connectivity index (χ1) is 8.59. The summed E-state index contributed by atoms with van der Waals surface area (Å²) in [6.07, 6.45) is 2.86. The van der Waals surface area contributed by atoms with Crippen LogP contribution in [0.25, 0.3) is 0 Å². The molecule has 1 aromatic heterocycles. The second kappa shape index (κ2) is 5.49. The minimum Gasteiger partial charge on any atom is -0.367 e. The van der Waals surface area contributed by atoms with Crippen LogP contribution in [0.4, 0.5) is 5.69 Å². The van der Waals surface area contributed by atoms with E-state index < -0.39 is 5.91 Å². The zero-order chi connectivity index (χ0) is 13.1. The number of hydrogen-bond acceptors (Lipinski definition) is 2. The van der Waals surface area contributed by atoms with Crippen molar-refractivity contribution in [3.8, 4) is 0 Å². The number of pyridine rings is 1. The largest absolute Gasteiger partial charge is 0.367 e. The fourth-order valence-electron chi connectivity index (χ4n) is 1.39. The molecule has 1 amide bonds. The maximum atomic E-state index is 12.0. The van der Waals surface area contributed by atoms with Crippen LogP contribution in [0.2, 0.25) is 0 Å². The molecule has 0 radical (unpaired) electrons. The van der Waals surface area contributed by atoms with Crippen molar-refractivity contribution < 1.29 is 4.79 Å². The third kappa shape index (κ3) is 2.70. The lowest BCUT2D eigenvalue weighted by molar-refractivity contribution is 0.102. The minimum atomic E-state index is -0.454. The molecule has 92 valence electrons. The summed E-state index contributed by atoms with van der Waals surface area (Å²) in [6, 6.07) is 6.74. The number of rotatable bonds is 2. The highest BCUT2D eigenvalue weighted by atomic mass is 79.9. The van der Waals surface area contributed by atoms with Crippen molar-refractivity contribution in [3.63, 3.8) is 0 Å². The van der Waals surface area contributed by atoms with E-state index in [-0.39, 0.29) is 11.0 Å². The van der Waals surface area contributed by atoms with E-state index in [1.165, 1.54) is 18.5 Å². The number of anilines is 1. The van der Waals surface area contributed by atoms with Crippen molar-refractivity contribution in [2.24, 2.45) is 0 Å². The Morgan fingerprint density at radius 1 is 1.17 bits per heavy atom. The van der Waals surface area contributed by atoms with Crippen LogP contribution >= 0.6 is 31.9 Å². The maximum Gasteiger partial charge on any atom is 0.261 e. The number of aromatic nitrogens is 1. The van der Waals surface area contributed by atoms with E-state index in [0.29, 0.717) is 5.69 Å². The van der Waals surface area contributed by atoms with E-state index >= 15 is 0 Å². The van der Waals surface area contributed by atoms with E-state index in [4.69, 9.17) is 0 Å². The first-order valence-electron chi connectivity index (χ1n) is 5.02. The number of nitrogens with one attached hydrogen (secondary N) is 2. The second-order valence-corrected chi connectivity index (χ2v) is 5.18. The molecule has 0 aliphatic carbocycles. The summed E-state index contributed by atoms with van der Waals surface area (Å²) in [5.74, 6) is -0.454. The molecule has 0 aliphatic heterocycles. The Hall–Kier alpha value is -1.40. The lowest BCUT2D eigenvalue weighted by Crippen LogP contribution is -2.21. The number of para-hydroxylation sites is 1. The van der Waals surface area contributed by atoms with Gasteiger partial charge in [-0.1, -0.05) is 6.07 Å². The number of amides is 1. The quantitative estimate of drug-likeness (QED) is 0.851. The van der Waals surface area contributed by atoms with Crippen molar-refractivity contribution in [1.82, 2.24) is 4.98 Å². The lowest BCUT2D eigenvalue weighted by atomic mass is 10.2. The molecule has 0 spiro atoms. The van der Waals surface area contributed by atoms with Crippen LogP contribution in [0.5, 0.6) is 0 Å². The first kappa shape index (κ1) is 13.0. The SMILES string of the molecule is O=C(Nc1c(Br)cccc1Br)c1c[nH]ccc1=O. The maximum absolute atomic E-state index is 12.0. The van der Waals surface area contributed by atoms with Gasteiger partial charge in [-0.3, -0.25) is 9.59 Å². The molecule has 2 rings (SSSR count). The predicted octanol–water partition coefficient (Wildman–Crippen LogP) is 3.15. The van der Waals surface area contributed by atoms with Gasteiger partial charge in [0.15, 0.2) is 5.43 Å². The zero-order valence-electron chi connectivity index (χ0n) is 9.04. The highest BCUT2D eigenvalue weighted by Gasteiger charge is 2.13. The lowest BCUT2D eigenvalue weighted by Gasteiger charge is -2.08. The molecule has 2 N–H and O–H groups in total. The van der Waals surface area contributed by atoms with Gasteiger partial charge in [-0.2, -0.15) is 0 Å². The van der Waals surface area contributed by atoms with Crippen LogP contribution in [0, 0.1) is 0 Å². The van der Waals surface area contributed by atoms with Crippen LogP contribution in [0.15, 0.2) is 50.4 Å². The highest BCUT2D eigenvalue weighted by molar-refractivity contribution is 9.11. The Morgan fingerprint density at radius 2 is 1.83 bits per heavy atom. The third-order valence-corrected chi connectivity index (χ3v) is 3.59. The van der Waals surface area contributed by atoms with E-state index in [2.05, 4.69) is 42.2 Å². The highest BCUT2D eigenvalue weighted by Crippen LogP contribution is 2.30. The Balaban J connectivity index is 2.33. The molecular formula is C12H8Br2N2O2. The van der Waals surface area contributed by atoms with E-state index in [1.54, 1.807) is 12.1 Å². The van der Waals surface area contributed by atoms with Gasteiger partial charge in [0, 0.05) is 27.4 Å². The monoisotopic (exact) mass is 370 g/mol. The summed E-state index contributed by atoms with van der Waals surface area (Å²) in [7, 11) is 0. The molecule has 0 saturated carbocycles. The summed E-state index contributed by atoms with van der Waals surface area (Å²) in [5.41, 5.74) is 0.334. The van der Waals surface area contributed by atoms with Crippen molar-refractivity contribution in [3.05, 3.63) is 61.4 Å². The van der Waals surface area contributed by atoms with Crippen molar-refractivity contribution in [1.29, 1.82) is 0 Å². The van der Waals surface area contributed by atoms with E-state index in [0.717, 1.165) is 8.95 Å². The zero-order valence-corrected chi connectivity index (χ0v) is 12.2. The Bertz CT molecular complexity index is 632. The van der Waals surface area contributed by atoms with Crippen LogP contribution in [0.3, 0.4) is 0 Å². The van der Waals surface area contributed by atoms with Crippen LogP contribution in [-0.2, 0) is 0 Å². The molecule has 0 saturated heterocycles. The number of halogens is 2. The standard InChI is InChI=1S/C12H8Br2N2O2/c13-8-2-1-3-9(14)11(8)16-12(18)7-6-15-5-4-10(7)17/h1-6H,(H,15,17)(H,16,18). The van der Waals surface area contributed by atoms with E-state index in [1.807, 2.05) is 6.07 Å². The Labute approximate surface area is 120 Å². The van der Waals surface area contributed by atoms with Gasteiger partial charge in [-0.15, -0.1) is 0 Å². The number of carbonyl (C=O) groups excluding carboxylic acids is 1. The summed E-state index contributed by atoms with van der Waals surface area (Å²) in [6.45, 7) is 0. The van der Waals surface area contributed by atoms with Gasteiger partial charge in [-0.05, 0) is 44.0 Å². The Kier molecular flexibility index (Phi) is 3.98. The number of hydrogen-bond donors (Lipinski definition) is 2. The summed E-state index contributed by atoms with van der Waals surface area (Å²) in [5, 5.41) is 2.68. The van der Waals surface area contributed by atoms with Gasteiger partial charge in [0.25, 0.3) is 5.91 Å². The second-order valence-electron chi connectivity index (χ2n) is 3.47. The molecule has 2 aromatic rings. The molecule has 0 fully saturated rings. The summed E-state index contributed by atoms with van der Waals surface area (Å²) < 4.78 is 1.47. The fourth-order valence-corrected chi connectivity index (χ4v) is 2.59. The molecular weight excluding hydrogens is 364 g/mol. The van der Waals surface area contributed by atoms with Gasteiger partial charge in [-0.25, -0.2) is 0 Å². The number of H-pyrrole nitrogens is 1. The van der Waals surface area contributed by atoms with Crippen molar-refractivity contribution in [2.45, 2.75) is 0 Å². The molecule has 4 nitrogen and oxygen atoms in total. The van der Waals surface area contributed by atoms with Gasteiger partial charge in [0.1, 0.15) is 5.56 Å². The molecule has 6 heteroatoms. The molecule has 1 aromatic carbocycles. The van der Waals surface area contributed by atoms with Gasteiger partial charge >= 0.3 is 0 Å². The first-order valence-corrected chi connectivity index (χ1v) is 6.60. The smallest absolute Gasteiger partial charge is 0.261 e. The molecule has 0 aliphatic rings. The van der Waals surface area contributed by atoms with Crippen LogP contribution < -0.4 is 10.7 Å². The number of aromatic amines is 1. The van der Waals surface area contributed by atoms with Crippen molar-refractivity contribution in [2.75, 3.05) is 5.32 Å². The fraction of sp³-hybridized carbons (Fsp3) is 0. The molecule has 1 heterocycles. The normalized spacial score (nSPS) is 10.1. The predicted molar refractivity (Wildman–Crippen MR) is 76.9 cm³/mol. The summed E-state index contributed by atoms with van der Waals surface area (Å²) >= 11 is 6.67. The molecule has 0 atom stereocenters. The van der Waals surface area contributed by atoms with Crippen LogP contribution in [0.1, 0.15) is 10.4 Å².